The van der Waals surface area contributed by atoms with Crippen LogP contribution in [0.4, 0.5) is 0 Å². The van der Waals surface area contributed by atoms with E-state index in [-0.39, 0.29) is 12.2 Å². The summed E-state index contributed by atoms with van der Waals surface area (Å²) in [6, 6.07) is 6.33. The van der Waals surface area contributed by atoms with Gasteiger partial charge in [0.15, 0.2) is 0 Å². The molecule has 0 bridgehead atoms. The van der Waals surface area contributed by atoms with Gasteiger partial charge in [0.2, 0.25) is 0 Å². The fourth-order valence-corrected chi connectivity index (χ4v) is 1.11. The minimum Gasteiger partial charge on any atom is -0.508 e. The Hall–Kier alpha value is -1.55. The Morgan fingerprint density at radius 1 is 1.43 bits per heavy atom. The highest BCUT2D eigenvalue weighted by Gasteiger charge is 2.27. The lowest BCUT2D eigenvalue weighted by molar-refractivity contribution is -0.142. The molecule has 0 aliphatic rings. The smallest absolute Gasteiger partial charge is 0.323 e. The first kappa shape index (κ1) is 10.5. The van der Waals surface area contributed by atoms with Gasteiger partial charge in [-0.1, -0.05) is 12.1 Å². The highest BCUT2D eigenvalue weighted by molar-refractivity contribution is 5.78. The summed E-state index contributed by atoms with van der Waals surface area (Å²) in [6.45, 7) is 1.46. The molecule has 0 radical (unpaired) electrons. The molecule has 0 amide bonds. The average molecular weight is 195 g/mol. The number of hydrogen-bond acceptors (Lipinski definition) is 3. The maximum Gasteiger partial charge on any atom is 0.323 e. The summed E-state index contributed by atoms with van der Waals surface area (Å²) in [5.41, 5.74) is 5.09. The Bertz CT molecular complexity index is 330. The van der Waals surface area contributed by atoms with Gasteiger partial charge in [-0.05, 0) is 24.6 Å². The van der Waals surface area contributed by atoms with Gasteiger partial charge in [0.05, 0.1) is 0 Å². The lowest BCUT2D eigenvalue weighted by atomic mass is 9.94. The zero-order chi connectivity index (χ0) is 10.8. The number of phenols is 1. The van der Waals surface area contributed by atoms with Crippen molar-refractivity contribution >= 4 is 5.97 Å². The van der Waals surface area contributed by atoms with Crippen LogP contribution < -0.4 is 5.73 Å². The van der Waals surface area contributed by atoms with Crippen LogP contribution in [-0.2, 0) is 11.2 Å². The van der Waals surface area contributed by atoms with Crippen molar-refractivity contribution in [2.75, 3.05) is 0 Å². The van der Waals surface area contributed by atoms with Gasteiger partial charge in [0.25, 0.3) is 0 Å². The molecule has 1 rings (SSSR count). The number of hydrogen-bond donors (Lipinski definition) is 3. The van der Waals surface area contributed by atoms with Crippen LogP contribution in [0.15, 0.2) is 24.3 Å². The molecule has 0 unspecified atom stereocenters. The first-order valence-corrected chi connectivity index (χ1v) is 4.22. The molecular formula is C10H13NO3. The summed E-state index contributed by atoms with van der Waals surface area (Å²) in [5, 5.41) is 17.8. The average Bonchev–Trinajstić information content (AvgIpc) is 2.08. The Morgan fingerprint density at radius 2 is 1.93 bits per heavy atom. The molecule has 0 aromatic heterocycles. The number of benzene rings is 1. The number of carboxylic acids is 1. The molecule has 0 saturated heterocycles. The van der Waals surface area contributed by atoms with Crippen molar-refractivity contribution in [3.05, 3.63) is 29.8 Å². The van der Waals surface area contributed by atoms with Crippen LogP contribution >= 0.6 is 0 Å². The van der Waals surface area contributed by atoms with E-state index >= 15 is 0 Å². The molecule has 76 valence electrons. The Labute approximate surface area is 82.0 Å². The van der Waals surface area contributed by atoms with Gasteiger partial charge in [-0.25, -0.2) is 0 Å². The summed E-state index contributed by atoms with van der Waals surface area (Å²) < 4.78 is 0. The second-order valence-corrected chi connectivity index (χ2v) is 3.57. The predicted octanol–water partition coefficient (Wildman–Crippen LogP) is 0.737. The fraction of sp³-hybridized carbons (Fsp3) is 0.300. The van der Waals surface area contributed by atoms with E-state index < -0.39 is 11.5 Å². The number of aliphatic carboxylic acids is 1. The van der Waals surface area contributed by atoms with Crippen LogP contribution in [-0.4, -0.2) is 21.7 Å². The van der Waals surface area contributed by atoms with Gasteiger partial charge in [0.1, 0.15) is 11.3 Å². The van der Waals surface area contributed by atoms with Crippen LogP contribution in [0.2, 0.25) is 0 Å². The highest BCUT2D eigenvalue weighted by Crippen LogP contribution is 2.14. The van der Waals surface area contributed by atoms with E-state index in [2.05, 4.69) is 0 Å². The number of nitrogens with two attached hydrogens (primary N) is 1. The van der Waals surface area contributed by atoms with Crippen molar-refractivity contribution in [2.45, 2.75) is 18.9 Å². The molecule has 0 fully saturated rings. The van der Waals surface area contributed by atoms with Gasteiger partial charge in [-0.15, -0.1) is 0 Å². The van der Waals surface area contributed by atoms with Gasteiger partial charge in [-0.2, -0.15) is 0 Å². The number of aromatic hydroxyl groups is 1. The van der Waals surface area contributed by atoms with Gasteiger partial charge >= 0.3 is 5.97 Å². The van der Waals surface area contributed by atoms with Crippen molar-refractivity contribution in [1.82, 2.24) is 0 Å². The van der Waals surface area contributed by atoms with Gasteiger partial charge in [-0.3, -0.25) is 4.79 Å². The van der Waals surface area contributed by atoms with E-state index in [9.17, 15) is 4.79 Å². The molecule has 4 N–H and O–H groups in total. The van der Waals surface area contributed by atoms with Gasteiger partial charge < -0.3 is 15.9 Å². The third kappa shape index (κ3) is 2.47. The Kier molecular flexibility index (Phi) is 2.76. The van der Waals surface area contributed by atoms with Crippen LogP contribution in [0.25, 0.3) is 0 Å². The molecule has 4 nitrogen and oxygen atoms in total. The predicted molar refractivity (Wildman–Crippen MR) is 52.0 cm³/mol. The number of carboxylic acid groups (broad SMARTS) is 1. The molecule has 0 aliphatic heterocycles. The monoisotopic (exact) mass is 195 g/mol. The number of carbonyl (C=O) groups is 1. The molecule has 0 heterocycles. The Morgan fingerprint density at radius 3 is 2.36 bits per heavy atom. The van der Waals surface area contributed by atoms with E-state index in [1.54, 1.807) is 12.1 Å². The normalized spacial score (nSPS) is 14.7. The lowest BCUT2D eigenvalue weighted by Crippen LogP contribution is -2.46. The number of phenolic OH excluding ortho intramolecular Hbond substituents is 1. The second kappa shape index (κ2) is 3.67. The fourth-order valence-electron chi connectivity index (χ4n) is 1.11. The molecule has 4 heteroatoms. The third-order valence-corrected chi connectivity index (χ3v) is 2.00. The second-order valence-electron chi connectivity index (χ2n) is 3.57. The molecule has 0 aliphatic carbocycles. The van der Waals surface area contributed by atoms with Gasteiger partial charge in [0, 0.05) is 6.42 Å². The molecular weight excluding hydrogens is 182 g/mol. The summed E-state index contributed by atoms with van der Waals surface area (Å²) in [7, 11) is 0. The Balaban J connectivity index is 2.79. The standard InChI is InChI=1S/C10H13NO3/c1-10(11,9(13)14)6-7-2-4-8(12)5-3-7/h2-5,12H,6,11H2,1H3,(H,13,14)/t10-/m0/s1. The largest absolute Gasteiger partial charge is 0.508 e. The minimum atomic E-state index is -1.27. The first-order valence-electron chi connectivity index (χ1n) is 4.22. The van der Waals surface area contributed by atoms with Crippen LogP contribution in [0, 0.1) is 0 Å². The third-order valence-electron chi connectivity index (χ3n) is 2.00. The minimum absolute atomic E-state index is 0.155. The van der Waals surface area contributed by atoms with Crippen molar-refractivity contribution in [3.63, 3.8) is 0 Å². The SMILES string of the molecule is C[C@](N)(Cc1ccc(O)cc1)C(=O)O. The van der Waals surface area contributed by atoms with Crippen molar-refractivity contribution in [3.8, 4) is 5.75 Å². The molecule has 1 aromatic rings. The lowest BCUT2D eigenvalue weighted by Gasteiger charge is -2.18. The molecule has 0 saturated carbocycles. The zero-order valence-electron chi connectivity index (χ0n) is 7.90. The van der Waals surface area contributed by atoms with Crippen molar-refractivity contribution in [2.24, 2.45) is 5.73 Å². The van der Waals surface area contributed by atoms with Crippen LogP contribution in [0.1, 0.15) is 12.5 Å². The van der Waals surface area contributed by atoms with E-state index in [0.29, 0.717) is 0 Å². The summed E-state index contributed by atoms with van der Waals surface area (Å²) in [4.78, 5) is 10.7. The summed E-state index contributed by atoms with van der Waals surface area (Å²) in [5.74, 6) is -0.881. The molecule has 0 spiro atoms. The maximum atomic E-state index is 10.7. The first-order chi connectivity index (χ1) is 6.42. The van der Waals surface area contributed by atoms with E-state index in [4.69, 9.17) is 15.9 Å². The zero-order valence-corrected chi connectivity index (χ0v) is 7.90. The van der Waals surface area contributed by atoms with Crippen molar-refractivity contribution < 1.29 is 15.0 Å². The van der Waals surface area contributed by atoms with Crippen LogP contribution in [0.3, 0.4) is 0 Å². The molecule has 1 aromatic carbocycles. The molecule has 14 heavy (non-hydrogen) atoms. The topological polar surface area (TPSA) is 83.5 Å². The van der Waals surface area contributed by atoms with E-state index in [0.717, 1.165) is 5.56 Å². The summed E-state index contributed by atoms with van der Waals surface area (Å²) >= 11 is 0. The number of rotatable bonds is 3. The summed E-state index contributed by atoms with van der Waals surface area (Å²) in [6.07, 6.45) is 0.239. The highest BCUT2D eigenvalue weighted by atomic mass is 16.4. The van der Waals surface area contributed by atoms with Crippen LogP contribution in [0.5, 0.6) is 5.75 Å². The quantitative estimate of drug-likeness (QED) is 0.664. The molecule has 1 atom stereocenters. The van der Waals surface area contributed by atoms with Crippen molar-refractivity contribution in [1.29, 1.82) is 0 Å². The van der Waals surface area contributed by atoms with E-state index in [1.165, 1.54) is 19.1 Å². The van der Waals surface area contributed by atoms with E-state index in [1.807, 2.05) is 0 Å². The maximum absolute atomic E-state index is 10.7.